The van der Waals surface area contributed by atoms with Crippen LogP contribution in [0.4, 0.5) is 0 Å². The van der Waals surface area contributed by atoms with Crippen LogP contribution in [0.15, 0.2) is 54.2 Å². The van der Waals surface area contributed by atoms with Crippen molar-refractivity contribution < 1.29 is 8.42 Å². The van der Waals surface area contributed by atoms with Crippen LogP contribution in [-0.4, -0.2) is 45.3 Å². The second-order valence-corrected chi connectivity index (χ2v) is 9.20. The van der Waals surface area contributed by atoms with Gasteiger partial charge in [0.05, 0.1) is 17.7 Å². The lowest BCUT2D eigenvalue weighted by Gasteiger charge is -2.31. The Balaban J connectivity index is 1.66. The van der Waals surface area contributed by atoms with E-state index in [0.29, 0.717) is 18.1 Å². The molecule has 28 heavy (non-hydrogen) atoms. The predicted octanol–water partition coefficient (Wildman–Crippen LogP) is 3.10. The van der Waals surface area contributed by atoms with E-state index in [1.165, 1.54) is 16.8 Å². The fraction of sp³-hybridized carbons (Fsp3) is 0.316. The predicted molar refractivity (Wildman–Crippen MR) is 106 cm³/mol. The summed E-state index contributed by atoms with van der Waals surface area (Å²) in [5, 5.41) is 0.696. The molecular weight excluding hydrogens is 398 g/mol. The molecular formula is C19H20ClN5O2S. The number of halogens is 1. The molecule has 0 spiro atoms. The van der Waals surface area contributed by atoms with Crippen molar-refractivity contribution in [2.24, 2.45) is 7.05 Å². The Kier molecular flexibility index (Phi) is 5.18. The Morgan fingerprint density at radius 3 is 2.75 bits per heavy atom. The van der Waals surface area contributed by atoms with Gasteiger partial charge in [-0.1, -0.05) is 23.7 Å². The van der Waals surface area contributed by atoms with Gasteiger partial charge in [-0.05, 0) is 25.0 Å². The Labute approximate surface area is 169 Å². The third-order valence-corrected chi connectivity index (χ3v) is 6.87. The Morgan fingerprint density at radius 2 is 2.00 bits per heavy atom. The van der Waals surface area contributed by atoms with Crippen LogP contribution in [0.5, 0.6) is 0 Å². The van der Waals surface area contributed by atoms with Gasteiger partial charge in [0.1, 0.15) is 0 Å². The van der Waals surface area contributed by atoms with Crippen LogP contribution < -0.4 is 0 Å². The maximum atomic E-state index is 13.0. The van der Waals surface area contributed by atoms with Crippen molar-refractivity contribution in [3.05, 3.63) is 59.9 Å². The highest BCUT2D eigenvalue weighted by Crippen LogP contribution is 2.34. The third-order valence-electron chi connectivity index (χ3n) is 4.88. The zero-order chi connectivity index (χ0) is 19.7. The molecule has 9 heteroatoms. The molecule has 1 aliphatic heterocycles. The number of hydrogen-bond acceptors (Lipinski definition) is 5. The average molecular weight is 418 g/mol. The van der Waals surface area contributed by atoms with Gasteiger partial charge in [0.15, 0.2) is 5.03 Å². The normalized spacial score (nSPS) is 18.3. The van der Waals surface area contributed by atoms with E-state index in [9.17, 15) is 8.42 Å². The summed E-state index contributed by atoms with van der Waals surface area (Å²) in [6.07, 6.45) is 7.91. The summed E-state index contributed by atoms with van der Waals surface area (Å²) in [5.74, 6) is -0.0464. The standard InChI is InChI=1S/C19H20ClN5O2S/c1-24-12-17(23-13-24)28(26,27)25-9-3-5-15(11-25)19-18(21-7-8-22-19)14-4-2-6-16(20)10-14/h2,4,6-8,10,12-13,15H,3,5,9,11H2,1H3/t15-/m0/s1. The van der Waals surface area contributed by atoms with Gasteiger partial charge in [0, 0.05) is 55.2 Å². The summed E-state index contributed by atoms with van der Waals surface area (Å²) in [6.45, 7) is 0.827. The van der Waals surface area contributed by atoms with Gasteiger partial charge in [-0.3, -0.25) is 9.97 Å². The lowest BCUT2D eigenvalue weighted by atomic mass is 9.92. The molecule has 0 aliphatic carbocycles. The van der Waals surface area contributed by atoms with Crippen LogP contribution in [0.25, 0.3) is 11.3 Å². The smallest absolute Gasteiger partial charge is 0.262 e. The van der Waals surface area contributed by atoms with Crippen LogP contribution in [0, 0.1) is 0 Å². The minimum absolute atomic E-state index is 0.0464. The summed E-state index contributed by atoms with van der Waals surface area (Å²) in [6, 6.07) is 7.46. The summed E-state index contributed by atoms with van der Waals surface area (Å²) in [7, 11) is -1.88. The van der Waals surface area contributed by atoms with Crippen molar-refractivity contribution in [1.29, 1.82) is 0 Å². The Morgan fingerprint density at radius 1 is 1.18 bits per heavy atom. The van der Waals surface area contributed by atoms with Crippen LogP contribution in [0.2, 0.25) is 5.02 Å². The van der Waals surface area contributed by atoms with E-state index in [1.54, 1.807) is 24.0 Å². The molecule has 1 atom stereocenters. The molecule has 0 radical (unpaired) electrons. The molecule has 0 bridgehead atoms. The average Bonchev–Trinajstić information content (AvgIpc) is 3.15. The van der Waals surface area contributed by atoms with Crippen LogP contribution in [-0.2, 0) is 17.1 Å². The monoisotopic (exact) mass is 417 g/mol. The first kappa shape index (κ1) is 19.0. The van der Waals surface area contributed by atoms with Gasteiger partial charge in [-0.25, -0.2) is 13.4 Å². The van der Waals surface area contributed by atoms with Gasteiger partial charge in [0.25, 0.3) is 10.0 Å². The van der Waals surface area contributed by atoms with Gasteiger partial charge < -0.3 is 4.57 Å². The zero-order valence-corrected chi connectivity index (χ0v) is 16.9. The molecule has 2 aromatic heterocycles. The maximum absolute atomic E-state index is 13.0. The first-order valence-corrected chi connectivity index (χ1v) is 10.8. The van der Waals surface area contributed by atoms with Crippen molar-refractivity contribution >= 4 is 21.6 Å². The number of hydrogen-bond donors (Lipinski definition) is 0. The highest BCUT2D eigenvalue weighted by molar-refractivity contribution is 7.89. The van der Waals surface area contributed by atoms with Crippen molar-refractivity contribution in [3.8, 4) is 11.3 Å². The zero-order valence-electron chi connectivity index (χ0n) is 15.4. The molecule has 1 aliphatic rings. The van der Waals surface area contributed by atoms with Crippen LogP contribution >= 0.6 is 11.6 Å². The van der Waals surface area contributed by atoms with Crippen molar-refractivity contribution in [2.45, 2.75) is 23.8 Å². The van der Waals surface area contributed by atoms with Gasteiger partial charge in [-0.15, -0.1) is 0 Å². The second-order valence-electron chi connectivity index (χ2n) is 6.88. The molecule has 7 nitrogen and oxygen atoms in total. The minimum Gasteiger partial charge on any atom is -0.339 e. The first-order chi connectivity index (χ1) is 13.4. The Bertz CT molecular complexity index is 1100. The molecule has 0 unspecified atom stereocenters. The number of rotatable bonds is 4. The minimum atomic E-state index is -3.63. The van der Waals surface area contributed by atoms with Gasteiger partial charge in [0.2, 0.25) is 0 Å². The third kappa shape index (κ3) is 3.67. The summed E-state index contributed by atoms with van der Waals surface area (Å²) in [5.41, 5.74) is 2.41. The van der Waals surface area contributed by atoms with E-state index < -0.39 is 10.0 Å². The maximum Gasteiger partial charge on any atom is 0.262 e. The molecule has 0 saturated carbocycles. The van der Waals surface area contributed by atoms with E-state index in [-0.39, 0.29) is 10.9 Å². The highest BCUT2D eigenvalue weighted by Gasteiger charge is 2.33. The number of nitrogens with zero attached hydrogens (tertiary/aromatic N) is 5. The summed E-state index contributed by atoms with van der Waals surface area (Å²) in [4.78, 5) is 13.1. The molecule has 3 aromatic rings. The fourth-order valence-electron chi connectivity index (χ4n) is 3.54. The molecule has 4 rings (SSSR count). The van der Waals surface area contributed by atoms with Gasteiger partial charge >= 0.3 is 0 Å². The van der Waals surface area contributed by atoms with Gasteiger partial charge in [-0.2, -0.15) is 4.31 Å². The molecule has 0 amide bonds. The van der Waals surface area contributed by atoms with Crippen molar-refractivity contribution in [2.75, 3.05) is 13.1 Å². The Hall–Kier alpha value is -2.29. The SMILES string of the molecule is Cn1cnc(S(=O)(=O)N2CCC[C@H](c3nccnc3-c3cccc(Cl)c3)C2)c1. The quantitative estimate of drug-likeness (QED) is 0.651. The lowest BCUT2D eigenvalue weighted by Crippen LogP contribution is -2.39. The second kappa shape index (κ2) is 7.62. The number of benzene rings is 1. The van der Waals surface area contributed by atoms with Crippen LogP contribution in [0.3, 0.4) is 0 Å². The molecule has 1 aromatic carbocycles. The number of sulfonamides is 1. The van der Waals surface area contributed by atoms with E-state index in [0.717, 1.165) is 29.8 Å². The molecule has 1 saturated heterocycles. The lowest BCUT2D eigenvalue weighted by molar-refractivity contribution is 0.312. The molecule has 3 heterocycles. The van der Waals surface area contributed by atoms with Crippen LogP contribution in [0.1, 0.15) is 24.5 Å². The van der Waals surface area contributed by atoms with Crippen molar-refractivity contribution in [1.82, 2.24) is 23.8 Å². The largest absolute Gasteiger partial charge is 0.339 e. The number of aromatic nitrogens is 4. The number of piperidine rings is 1. The fourth-order valence-corrected chi connectivity index (χ4v) is 5.22. The van der Waals surface area contributed by atoms with E-state index in [4.69, 9.17) is 11.6 Å². The molecule has 146 valence electrons. The van der Waals surface area contributed by atoms with E-state index >= 15 is 0 Å². The summed E-state index contributed by atoms with van der Waals surface area (Å²) >= 11 is 6.14. The first-order valence-electron chi connectivity index (χ1n) is 9.00. The highest BCUT2D eigenvalue weighted by atomic mass is 35.5. The number of aryl methyl sites for hydroxylation is 1. The number of imidazole rings is 1. The van der Waals surface area contributed by atoms with E-state index in [1.807, 2.05) is 24.3 Å². The van der Waals surface area contributed by atoms with E-state index in [2.05, 4.69) is 15.0 Å². The van der Waals surface area contributed by atoms with Crippen molar-refractivity contribution in [3.63, 3.8) is 0 Å². The summed E-state index contributed by atoms with van der Waals surface area (Å²) < 4.78 is 29.1. The molecule has 0 N–H and O–H groups in total. The molecule has 1 fully saturated rings. The topological polar surface area (TPSA) is 81.0 Å².